The summed E-state index contributed by atoms with van der Waals surface area (Å²) in [5, 5.41) is 7.30. The molecule has 1 aromatic heterocycles. The Morgan fingerprint density at radius 3 is 2.64 bits per heavy atom. The van der Waals surface area contributed by atoms with Gasteiger partial charge in [-0.2, -0.15) is 5.10 Å². The van der Waals surface area contributed by atoms with Crippen LogP contribution in [-0.2, 0) is 4.79 Å². The summed E-state index contributed by atoms with van der Waals surface area (Å²) in [6.45, 7) is 7.33. The third kappa shape index (κ3) is 3.11. The summed E-state index contributed by atoms with van der Waals surface area (Å²) >= 11 is 0. The van der Waals surface area contributed by atoms with Crippen molar-refractivity contribution in [3.05, 3.63) is 41.6 Å². The topological polar surface area (TPSA) is 69.3 Å². The fourth-order valence-corrected chi connectivity index (χ4v) is 4.96. The number of carbonyl (C=O) groups is 2. The van der Waals surface area contributed by atoms with Crippen LogP contribution in [0.25, 0.3) is 11.3 Å². The molecule has 0 radical (unpaired) electrons. The van der Waals surface area contributed by atoms with Crippen LogP contribution >= 0.6 is 0 Å². The number of aromatic nitrogens is 2. The van der Waals surface area contributed by atoms with Gasteiger partial charge in [-0.3, -0.25) is 14.7 Å². The second kappa shape index (κ2) is 7.08. The minimum absolute atomic E-state index is 0.0211. The summed E-state index contributed by atoms with van der Waals surface area (Å²) in [7, 11) is 0. The molecule has 1 aromatic carbocycles. The van der Waals surface area contributed by atoms with Crippen LogP contribution < -0.4 is 0 Å². The minimum atomic E-state index is -0.280. The predicted octanol–water partition coefficient (Wildman–Crippen LogP) is 3.39. The molecule has 2 aromatic rings. The highest BCUT2D eigenvalue weighted by Crippen LogP contribution is 2.39. The van der Waals surface area contributed by atoms with Crippen LogP contribution in [-0.4, -0.2) is 56.5 Å². The maximum Gasteiger partial charge on any atom is 0.272 e. The SMILES string of the molecule is CC(=O)N1CCC[C@H]2N(C(=O)c3cc(-c4ccc(C)cc4)n[nH]3)CCC[C@@]21C. The highest BCUT2D eigenvalue weighted by molar-refractivity contribution is 5.94. The van der Waals surface area contributed by atoms with Crippen LogP contribution in [0.15, 0.2) is 30.3 Å². The Balaban J connectivity index is 1.59. The van der Waals surface area contributed by atoms with Gasteiger partial charge in [-0.25, -0.2) is 0 Å². The van der Waals surface area contributed by atoms with E-state index >= 15 is 0 Å². The average molecular weight is 380 g/mol. The van der Waals surface area contributed by atoms with Crippen molar-refractivity contribution in [2.75, 3.05) is 13.1 Å². The molecule has 2 fully saturated rings. The van der Waals surface area contributed by atoms with Gasteiger partial charge in [0.25, 0.3) is 5.91 Å². The number of carbonyl (C=O) groups excluding carboxylic acids is 2. The minimum Gasteiger partial charge on any atom is -0.335 e. The lowest BCUT2D eigenvalue weighted by molar-refractivity contribution is -0.143. The average Bonchev–Trinajstić information content (AvgIpc) is 3.16. The summed E-state index contributed by atoms with van der Waals surface area (Å²) in [6, 6.07) is 10.0. The van der Waals surface area contributed by atoms with E-state index in [9.17, 15) is 9.59 Å². The number of piperidine rings is 2. The number of rotatable bonds is 2. The molecule has 28 heavy (non-hydrogen) atoms. The van der Waals surface area contributed by atoms with Gasteiger partial charge in [0.1, 0.15) is 5.69 Å². The molecule has 3 heterocycles. The van der Waals surface area contributed by atoms with Gasteiger partial charge in [0.15, 0.2) is 0 Å². The van der Waals surface area contributed by atoms with E-state index in [0.29, 0.717) is 5.69 Å². The van der Waals surface area contributed by atoms with Crippen molar-refractivity contribution in [1.82, 2.24) is 20.0 Å². The number of nitrogens with zero attached hydrogens (tertiary/aromatic N) is 3. The molecular weight excluding hydrogens is 352 g/mol. The molecule has 2 aliphatic heterocycles. The van der Waals surface area contributed by atoms with E-state index < -0.39 is 0 Å². The Kier molecular flexibility index (Phi) is 4.73. The first-order chi connectivity index (χ1) is 13.4. The maximum absolute atomic E-state index is 13.3. The molecule has 2 saturated heterocycles. The Hall–Kier alpha value is -2.63. The van der Waals surface area contributed by atoms with Gasteiger partial charge in [0, 0.05) is 25.6 Å². The summed E-state index contributed by atoms with van der Waals surface area (Å²) in [5.74, 6) is 0.0804. The molecule has 0 aliphatic carbocycles. The summed E-state index contributed by atoms with van der Waals surface area (Å²) < 4.78 is 0. The Bertz CT molecular complexity index is 888. The fraction of sp³-hybridized carbons (Fsp3) is 0.500. The largest absolute Gasteiger partial charge is 0.335 e. The Labute approximate surface area is 165 Å². The third-order valence-corrected chi connectivity index (χ3v) is 6.45. The highest BCUT2D eigenvalue weighted by Gasteiger charge is 2.49. The van der Waals surface area contributed by atoms with Crippen LogP contribution in [0.5, 0.6) is 0 Å². The lowest BCUT2D eigenvalue weighted by atomic mass is 9.76. The molecule has 1 N–H and O–H groups in total. The molecule has 0 spiro atoms. The van der Waals surface area contributed by atoms with Crippen LogP contribution in [0.3, 0.4) is 0 Å². The van der Waals surface area contributed by atoms with Crippen molar-refractivity contribution in [2.45, 2.75) is 58.0 Å². The van der Waals surface area contributed by atoms with E-state index in [-0.39, 0.29) is 23.4 Å². The number of amides is 2. The number of hydrogen-bond acceptors (Lipinski definition) is 3. The number of likely N-dealkylation sites (tertiary alicyclic amines) is 2. The number of nitrogens with one attached hydrogen (secondary N) is 1. The summed E-state index contributed by atoms with van der Waals surface area (Å²) in [4.78, 5) is 29.5. The van der Waals surface area contributed by atoms with E-state index in [0.717, 1.165) is 50.0 Å². The zero-order chi connectivity index (χ0) is 19.9. The standard InChI is InChI=1S/C22H28N4O2/c1-15-7-9-17(10-8-15)18-14-19(24-23-18)21(28)25-12-5-11-22(3)20(25)6-4-13-26(22)16(2)27/h7-10,14,20H,4-6,11-13H2,1-3H3,(H,23,24)/t20-,22+/m1/s1. The number of hydrogen-bond donors (Lipinski definition) is 1. The van der Waals surface area contributed by atoms with Crippen molar-refractivity contribution in [1.29, 1.82) is 0 Å². The molecule has 0 unspecified atom stereocenters. The van der Waals surface area contributed by atoms with Gasteiger partial charge in [0.2, 0.25) is 5.91 Å². The molecular formula is C22H28N4O2. The summed E-state index contributed by atoms with van der Waals surface area (Å²) in [6.07, 6.45) is 3.71. The lowest BCUT2D eigenvalue weighted by Crippen LogP contribution is -2.68. The van der Waals surface area contributed by atoms with Crippen LogP contribution in [0.1, 0.15) is 55.6 Å². The second-order valence-electron chi connectivity index (χ2n) is 8.32. The number of benzene rings is 1. The zero-order valence-electron chi connectivity index (χ0n) is 16.9. The van der Waals surface area contributed by atoms with Crippen molar-refractivity contribution < 1.29 is 9.59 Å². The maximum atomic E-state index is 13.3. The smallest absolute Gasteiger partial charge is 0.272 e. The monoisotopic (exact) mass is 380 g/mol. The third-order valence-electron chi connectivity index (χ3n) is 6.45. The molecule has 4 rings (SSSR count). The number of H-pyrrole nitrogens is 1. The first-order valence-electron chi connectivity index (χ1n) is 10.1. The first kappa shape index (κ1) is 18.7. The van der Waals surface area contributed by atoms with Crippen LogP contribution in [0.4, 0.5) is 0 Å². The molecule has 0 bridgehead atoms. The van der Waals surface area contributed by atoms with E-state index in [2.05, 4.69) is 17.1 Å². The second-order valence-corrected chi connectivity index (χ2v) is 8.32. The van der Waals surface area contributed by atoms with Crippen LogP contribution in [0.2, 0.25) is 0 Å². The van der Waals surface area contributed by atoms with Gasteiger partial charge >= 0.3 is 0 Å². The van der Waals surface area contributed by atoms with E-state index in [4.69, 9.17) is 0 Å². The van der Waals surface area contributed by atoms with Crippen molar-refractivity contribution >= 4 is 11.8 Å². The van der Waals surface area contributed by atoms with E-state index in [1.165, 1.54) is 5.56 Å². The van der Waals surface area contributed by atoms with Crippen LogP contribution in [0, 0.1) is 6.92 Å². The molecule has 0 saturated carbocycles. The molecule has 2 amide bonds. The number of fused-ring (bicyclic) bond motifs is 1. The molecule has 6 nitrogen and oxygen atoms in total. The normalized spacial score (nSPS) is 24.8. The molecule has 6 heteroatoms. The van der Waals surface area contributed by atoms with E-state index in [1.54, 1.807) is 6.92 Å². The molecule has 2 aliphatic rings. The van der Waals surface area contributed by atoms with Crippen molar-refractivity contribution in [3.63, 3.8) is 0 Å². The van der Waals surface area contributed by atoms with Gasteiger partial charge in [-0.1, -0.05) is 29.8 Å². The zero-order valence-corrected chi connectivity index (χ0v) is 16.9. The Morgan fingerprint density at radius 2 is 1.93 bits per heavy atom. The molecule has 2 atom stereocenters. The quantitative estimate of drug-likeness (QED) is 0.868. The van der Waals surface area contributed by atoms with Gasteiger partial charge < -0.3 is 9.80 Å². The van der Waals surface area contributed by atoms with Gasteiger partial charge in [-0.15, -0.1) is 0 Å². The van der Waals surface area contributed by atoms with Crippen molar-refractivity contribution in [3.8, 4) is 11.3 Å². The predicted molar refractivity (Wildman–Crippen MR) is 108 cm³/mol. The van der Waals surface area contributed by atoms with Gasteiger partial charge in [-0.05, 0) is 45.6 Å². The summed E-state index contributed by atoms with van der Waals surface area (Å²) in [5.41, 5.74) is 3.19. The number of aromatic amines is 1. The molecule has 148 valence electrons. The fourth-order valence-electron chi connectivity index (χ4n) is 4.96. The first-order valence-corrected chi connectivity index (χ1v) is 10.1. The lowest BCUT2D eigenvalue weighted by Gasteiger charge is -2.56. The van der Waals surface area contributed by atoms with E-state index in [1.807, 2.05) is 47.1 Å². The highest BCUT2D eigenvalue weighted by atomic mass is 16.2. The van der Waals surface area contributed by atoms with Crippen molar-refractivity contribution in [2.24, 2.45) is 0 Å². The van der Waals surface area contributed by atoms with Gasteiger partial charge in [0.05, 0.1) is 17.3 Å². The number of aryl methyl sites for hydroxylation is 1. The Morgan fingerprint density at radius 1 is 1.18 bits per heavy atom.